The smallest absolute Gasteiger partial charge is 0.149 e. The lowest BCUT2D eigenvalue weighted by Gasteiger charge is -2.32. The number of aryl methyl sites for hydroxylation is 1. The molecule has 1 aliphatic carbocycles. The zero-order valence-electron chi connectivity index (χ0n) is 11.4. The third-order valence-corrected chi connectivity index (χ3v) is 3.71. The average Bonchev–Trinajstić information content (AvgIpc) is 2.38. The molecule has 0 radical (unpaired) electrons. The number of nitrogens with one attached hydrogen (secondary N) is 1. The molecule has 1 saturated carbocycles. The Balaban J connectivity index is 1.84. The molecule has 3 rings (SSSR count). The molecule has 0 spiro atoms. The number of halogens is 1. The minimum absolute atomic E-state index is 0.0253. The van der Waals surface area contributed by atoms with E-state index in [-0.39, 0.29) is 17.9 Å². The van der Waals surface area contributed by atoms with E-state index < -0.39 is 0 Å². The summed E-state index contributed by atoms with van der Waals surface area (Å²) in [7, 11) is 0. The van der Waals surface area contributed by atoms with Gasteiger partial charge in [-0.05, 0) is 31.4 Å². The van der Waals surface area contributed by atoms with Crippen molar-refractivity contribution in [3.63, 3.8) is 0 Å². The Morgan fingerprint density at radius 2 is 2.00 bits per heavy atom. The van der Waals surface area contributed by atoms with Gasteiger partial charge >= 0.3 is 0 Å². The fourth-order valence-corrected chi connectivity index (χ4v) is 2.47. The van der Waals surface area contributed by atoms with Crippen LogP contribution in [0.15, 0.2) is 18.3 Å². The van der Waals surface area contributed by atoms with Gasteiger partial charge in [0, 0.05) is 18.3 Å². The highest BCUT2D eigenvalue weighted by molar-refractivity contribution is 6.30. The maximum absolute atomic E-state index is 9.90. The van der Waals surface area contributed by atoms with E-state index in [0.29, 0.717) is 22.2 Å². The lowest BCUT2D eigenvalue weighted by atomic mass is 9.89. The van der Waals surface area contributed by atoms with Crippen LogP contribution in [0.2, 0.25) is 5.02 Å². The molecule has 2 aromatic rings. The summed E-state index contributed by atoms with van der Waals surface area (Å²) < 4.78 is 0. The first-order valence-corrected chi connectivity index (χ1v) is 7.04. The van der Waals surface area contributed by atoms with Crippen molar-refractivity contribution >= 4 is 17.4 Å². The topological polar surface area (TPSA) is 91.2 Å². The van der Waals surface area contributed by atoms with Gasteiger partial charge in [-0.1, -0.05) is 11.6 Å². The van der Waals surface area contributed by atoms with Crippen molar-refractivity contribution < 1.29 is 10.2 Å². The maximum Gasteiger partial charge on any atom is 0.149 e. The standard InChI is InChI=1S/C14H15ClN4O2/c1-7-2-12(17-9-4-10(20)5-9)18-19-13(7)14-11(21)3-8(15)6-16-14/h2-3,6,9-10,20-21H,4-5H2,1H3,(H,17,18). The van der Waals surface area contributed by atoms with E-state index >= 15 is 0 Å². The highest BCUT2D eigenvalue weighted by Gasteiger charge is 2.27. The van der Waals surface area contributed by atoms with Crippen molar-refractivity contribution in [2.24, 2.45) is 0 Å². The van der Waals surface area contributed by atoms with Gasteiger partial charge in [0.1, 0.15) is 23.0 Å². The van der Waals surface area contributed by atoms with Crippen LogP contribution < -0.4 is 5.32 Å². The van der Waals surface area contributed by atoms with Crippen molar-refractivity contribution in [3.05, 3.63) is 28.9 Å². The van der Waals surface area contributed by atoms with Crippen molar-refractivity contribution in [1.29, 1.82) is 0 Å². The number of anilines is 1. The third-order valence-electron chi connectivity index (χ3n) is 3.51. The number of aromatic nitrogens is 3. The van der Waals surface area contributed by atoms with E-state index in [1.165, 1.54) is 12.3 Å². The summed E-state index contributed by atoms with van der Waals surface area (Å²) in [5, 5.41) is 31.0. The Hall–Kier alpha value is -1.92. The lowest BCUT2D eigenvalue weighted by Crippen LogP contribution is -2.39. The predicted molar refractivity (Wildman–Crippen MR) is 79.3 cm³/mol. The Labute approximate surface area is 126 Å². The van der Waals surface area contributed by atoms with E-state index in [4.69, 9.17) is 11.6 Å². The van der Waals surface area contributed by atoms with Crippen LogP contribution in [0.5, 0.6) is 5.75 Å². The SMILES string of the molecule is Cc1cc(NC2CC(O)C2)nnc1-c1ncc(Cl)cc1O. The zero-order chi connectivity index (χ0) is 15.0. The minimum Gasteiger partial charge on any atom is -0.506 e. The maximum atomic E-state index is 9.90. The van der Waals surface area contributed by atoms with Gasteiger partial charge in [0.05, 0.1) is 11.1 Å². The second-order valence-electron chi connectivity index (χ2n) is 5.25. The normalized spacial score (nSPS) is 20.9. The van der Waals surface area contributed by atoms with Gasteiger partial charge in [0.25, 0.3) is 0 Å². The van der Waals surface area contributed by atoms with Gasteiger partial charge in [-0.15, -0.1) is 10.2 Å². The van der Waals surface area contributed by atoms with E-state index in [1.807, 2.05) is 13.0 Å². The van der Waals surface area contributed by atoms with Crippen LogP contribution in [0.4, 0.5) is 5.82 Å². The molecular formula is C14H15ClN4O2. The summed E-state index contributed by atoms with van der Waals surface area (Å²) in [5.41, 5.74) is 1.72. The molecule has 1 fully saturated rings. The van der Waals surface area contributed by atoms with Crippen LogP contribution in [0, 0.1) is 6.92 Å². The van der Waals surface area contributed by atoms with Crippen LogP contribution in [0.1, 0.15) is 18.4 Å². The van der Waals surface area contributed by atoms with Gasteiger partial charge in [-0.2, -0.15) is 0 Å². The van der Waals surface area contributed by atoms with Crippen molar-refractivity contribution in [2.45, 2.75) is 31.9 Å². The van der Waals surface area contributed by atoms with Crippen LogP contribution >= 0.6 is 11.6 Å². The number of hydrogen-bond donors (Lipinski definition) is 3. The molecule has 0 amide bonds. The highest BCUT2D eigenvalue weighted by Crippen LogP contribution is 2.30. The average molecular weight is 307 g/mol. The molecule has 0 saturated heterocycles. The molecule has 3 N–H and O–H groups in total. The van der Waals surface area contributed by atoms with E-state index in [1.54, 1.807) is 0 Å². The Bertz CT molecular complexity index is 674. The first kappa shape index (κ1) is 14.0. The summed E-state index contributed by atoms with van der Waals surface area (Å²) >= 11 is 5.77. The molecular weight excluding hydrogens is 292 g/mol. The van der Waals surface area contributed by atoms with Crippen molar-refractivity contribution in [3.8, 4) is 17.1 Å². The number of aliphatic hydroxyl groups is 1. The number of nitrogens with zero attached hydrogens (tertiary/aromatic N) is 3. The summed E-state index contributed by atoms with van der Waals surface area (Å²) in [5.74, 6) is 0.629. The van der Waals surface area contributed by atoms with Gasteiger partial charge < -0.3 is 15.5 Å². The third kappa shape index (κ3) is 2.91. The molecule has 21 heavy (non-hydrogen) atoms. The quantitative estimate of drug-likeness (QED) is 0.805. The second-order valence-corrected chi connectivity index (χ2v) is 5.69. The molecule has 1 aliphatic rings. The molecule has 0 bridgehead atoms. The van der Waals surface area contributed by atoms with Crippen LogP contribution in [-0.2, 0) is 0 Å². The van der Waals surface area contributed by atoms with E-state index in [0.717, 1.165) is 18.4 Å². The van der Waals surface area contributed by atoms with Crippen molar-refractivity contribution in [1.82, 2.24) is 15.2 Å². The van der Waals surface area contributed by atoms with Gasteiger partial charge in [-0.3, -0.25) is 0 Å². The number of aromatic hydroxyl groups is 1. The first-order chi connectivity index (χ1) is 10.0. The largest absolute Gasteiger partial charge is 0.506 e. The monoisotopic (exact) mass is 306 g/mol. The number of aliphatic hydroxyl groups excluding tert-OH is 1. The van der Waals surface area contributed by atoms with Crippen LogP contribution in [0.25, 0.3) is 11.4 Å². The minimum atomic E-state index is -0.217. The van der Waals surface area contributed by atoms with E-state index in [2.05, 4.69) is 20.5 Å². The van der Waals surface area contributed by atoms with Gasteiger partial charge in [-0.25, -0.2) is 4.98 Å². The lowest BCUT2D eigenvalue weighted by molar-refractivity contribution is 0.0835. The highest BCUT2D eigenvalue weighted by atomic mass is 35.5. The molecule has 110 valence electrons. The Morgan fingerprint density at radius 1 is 1.24 bits per heavy atom. The number of pyridine rings is 1. The van der Waals surface area contributed by atoms with Crippen LogP contribution in [0.3, 0.4) is 0 Å². The molecule has 0 atom stereocenters. The molecule has 7 heteroatoms. The summed E-state index contributed by atoms with van der Waals surface area (Å²) in [4.78, 5) is 4.10. The fraction of sp³-hybridized carbons (Fsp3) is 0.357. The predicted octanol–water partition coefficient (Wildman–Crippen LogP) is 2.14. The number of rotatable bonds is 3. The number of hydrogen-bond acceptors (Lipinski definition) is 6. The molecule has 0 aromatic carbocycles. The van der Waals surface area contributed by atoms with Gasteiger partial charge in [0.15, 0.2) is 0 Å². The molecule has 2 heterocycles. The van der Waals surface area contributed by atoms with Gasteiger partial charge in [0.2, 0.25) is 0 Å². The molecule has 0 unspecified atom stereocenters. The summed E-state index contributed by atoms with van der Waals surface area (Å²) in [6.07, 6.45) is 2.69. The zero-order valence-corrected chi connectivity index (χ0v) is 12.2. The Morgan fingerprint density at radius 3 is 2.62 bits per heavy atom. The summed E-state index contributed by atoms with van der Waals surface area (Å²) in [6, 6.07) is 3.51. The Kier molecular flexibility index (Phi) is 3.65. The second kappa shape index (κ2) is 5.46. The molecule has 6 nitrogen and oxygen atoms in total. The summed E-state index contributed by atoms with van der Waals surface area (Å²) in [6.45, 7) is 1.88. The van der Waals surface area contributed by atoms with Crippen LogP contribution in [-0.4, -0.2) is 37.5 Å². The fourth-order valence-electron chi connectivity index (χ4n) is 2.32. The van der Waals surface area contributed by atoms with Crippen molar-refractivity contribution in [2.75, 3.05) is 5.32 Å². The molecule has 2 aromatic heterocycles. The van der Waals surface area contributed by atoms with E-state index in [9.17, 15) is 10.2 Å². The molecule has 0 aliphatic heterocycles. The first-order valence-electron chi connectivity index (χ1n) is 6.66.